The monoisotopic (exact) mass is 1260 g/mol. The first-order valence-electron chi connectivity index (χ1n) is 40.9. The zero-order chi connectivity index (χ0) is 64.9. The SMILES string of the molecule is CCCCCC/C=C\C/C=C\CCCCCCCCCC(=O)OCCCCCCCCCCCCCCCCC/C=C\C/C=C\CCCCCCCCCCCCCCCCCCCC(=O)NC(CO)C(O)CCCCCCCCCCCCCCCCCC. The number of rotatable bonds is 77. The van der Waals surface area contributed by atoms with Crippen LogP contribution in [0.5, 0.6) is 0 Å². The Morgan fingerprint density at radius 2 is 0.556 bits per heavy atom. The molecule has 0 aromatic heterocycles. The molecule has 0 saturated carbocycles. The van der Waals surface area contributed by atoms with Crippen molar-refractivity contribution >= 4 is 11.9 Å². The first-order chi connectivity index (χ1) is 44.5. The zero-order valence-corrected chi connectivity index (χ0v) is 60.9. The van der Waals surface area contributed by atoms with Crippen molar-refractivity contribution in [2.24, 2.45) is 0 Å². The fourth-order valence-corrected chi connectivity index (χ4v) is 12.9. The Kier molecular flexibility index (Phi) is 77.3. The molecule has 0 rings (SSSR count). The van der Waals surface area contributed by atoms with Crippen LogP contribution in [0.3, 0.4) is 0 Å². The Morgan fingerprint density at radius 1 is 0.311 bits per heavy atom. The topological polar surface area (TPSA) is 95.9 Å². The molecule has 1 amide bonds. The van der Waals surface area contributed by atoms with Crippen LogP contribution < -0.4 is 5.32 Å². The van der Waals surface area contributed by atoms with Crippen LogP contribution in [0.1, 0.15) is 450 Å². The molecule has 6 heteroatoms. The minimum absolute atomic E-state index is 0.0134. The van der Waals surface area contributed by atoms with E-state index in [0.29, 0.717) is 25.9 Å². The van der Waals surface area contributed by atoms with Gasteiger partial charge in [-0.3, -0.25) is 9.59 Å². The number of aliphatic hydroxyl groups excluding tert-OH is 2. The van der Waals surface area contributed by atoms with Gasteiger partial charge < -0.3 is 20.3 Å². The molecule has 0 aliphatic heterocycles. The van der Waals surface area contributed by atoms with E-state index in [9.17, 15) is 19.8 Å². The Balaban J connectivity index is 3.35. The third kappa shape index (κ3) is 74.9. The van der Waals surface area contributed by atoms with E-state index in [4.69, 9.17) is 4.74 Å². The number of carbonyl (C=O) groups excluding carboxylic acids is 2. The van der Waals surface area contributed by atoms with Gasteiger partial charge in [0.1, 0.15) is 0 Å². The van der Waals surface area contributed by atoms with E-state index in [1.807, 2.05) is 0 Å². The number of hydrogen-bond donors (Lipinski definition) is 3. The summed E-state index contributed by atoms with van der Waals surface area (Å²) in [4.78, 5) is 24.7. The summed E-state index contributed by atoms with van der Waals surface area (Å²) < 4.78 is 5.51. The molecule has 90 heavy (non-hydrogen) atoms. The molecular weight excluding hydrogens is 1100 g/mol. The van der Waals surface area contributed by atoms with E-state index < -0.39 is 12.1 Å². The average molecular weight is 1260 g/mol. The summed E-state index contributed by atoms with van der Waals surface area (Å²) in [5.74, 6) is -0.0150. The largest absolute Gasteiger partial charge is 0.466 e. The number of esters is 1. The molecule has 2 atom stereocenters. The molecule has 0 aromatic rings. The van der Waals surface area contributed by atoms with Gasteiger partial charge in [-0.05, 0) is 89.9 Å². The molecule has 0 bridgehead atoms. The Bertz CT molecular complexity index is 1500. The third-order valence-electron chi connectivity index (χ3n) is 19.1. The quantitative estimate of drug-likeness (QED) is 0.0320. The summed E-state index contributed by atoms with van der Waals surface area (Å²) in [5.41, 5.74) is 0. The highest BCUT2D eigenvalue weighted by molar-refractivity contribution is 5.76. The number of amides is 1. The molecular formula is C84H159NO5. The standard InChI is InChI=1S/C84H159NO5/c1-3-5-7-9-11-13-15-17-19-21-46-50-54-58-62-66-70-74-78-84(89)90-79-75-71-67-63-59-55-51-47-44-42-40-38-36-34-32-30-28-26-24-22-23-25-27-29-31-33-35-37-39-41-43-45-49-53-57-61-65-69-73-77-83(88)85-81(80-86)82(87)76-72-68-64-60-56-52-48-20-18-16-14-12-10-8-6-4-2/h13,15,19,21-23,26,28,81-82,86-87H,3-12,14,16-18,20,24-25,27,29-80H2,1-2H3,(H,85,88)/b15-13-,21-19-,23-22-,28-26-. The van der Waals surface area contributed by atoms with Crippen molar-refractivity contribution in [2.45, 2.75) is 463 Å². The molecule has 0 saturated heterocycles. The predicted octanol–water partition coefficient (Wildman–Crippen LogP) is 27.2. The van der Waals surface area contributed by atoms with Crippen LogP contribution in [0.4, 0.5) is 0 Å². The van der Waals surface area contributed by atoms with Crippen LogP contribution in [-0.2, 0) is 14.3 Å². The van der Waals surface area contributed by atoms with Gasteiger partial charge in [-0.1, -0.05) is 396 Å². The summed E-state index contributed by atoms with van der Waals surface area (Å²) in [7, 11) is 0. The van der Waals surface area contributed by atoms with Crippen molar-refractivity contribution in [2.75, 3.05) is 13.2 Å². The second-order valence-corrected chi connectivity index (χ2v) is 28.1. The maximum absolute atomic E-state index is 12.5. The average Bonchev–Trinajstić information content (AvgIpc) is 3.72. The summed E-state index contributed by atoms with van der Waals surface area (Å²) in [6, 6.07) is -0.540. The van der Waals surface area contributed by atoms with Crippen LogP contribution in [0.25, 0.3) is 0 Å². The van der Waals surface area contributed by atoms with Gasteiger partial charge in [0.25, 0.3) is 0 Å². The number of carbonyl (C=O) groups is 2. The molecule has 0 heterocycles. The van der Waals surface area contributed by atoms with E-state index in [1.165, 1.54) is 360 Å². The molecule has 2 unspecified atom stereocenters. The molecule has 3 N–H and O–H groups in total. The number of allylic oxidation sites excluding steroid dienone is 8. The van der Waals surface area contributed by atoms with Gasteiger partial charge in [0.2, 0.25) is 5.91 Å². The van der Waals surface area contributed by atoms with Crippen molar-refractivity contribution in [1.82, 2.24) is 5.32 Å². The summed E-state index contributed by atoms with van der Waals surface area (Å²) >= 11 is 0. The van der Waals surface area contributed by atoms with Crippen LogP contribution >= 0.6 is 0 Å². The lowest BCUT2D eigenvalue weighted by molar-refractivity contribution is -0.143. The minimum atomic E-state index is -0.663. The van der Waals surface area contributed by atoms with Crippen LogP contribution in [-0.4, -0.2) is 47.4 Å². The Morgan fingerprint density at radius 3 is 0.856 bits per heavy atom. The van der Waals surface area contributed by atoms with Gasteiger partial charge >= 0.3 is 5.97 Å². The van der Waals surface area contributed by atoms with E-state index in [0.717, 1.165) is 57.8 Å². The van der Waals surface area contributed by atoms with E-state index in [2.05, 4.69) is 67.8 Å². The lowest BCUT2D eigenvalue weighted by Crippen LogP contribution is -2.45. The lowest BCUT2D eigenvalue weighted by Gasteiger charge is -2.22. The molecule has 6 nitrogen and oxygen atoms in total. The summed E-state index contributed by atoms with van der Waals surface area (Å²) in [6.07, 6.45) is 105. The first kappa shape index (κ1) is 87.8. The molecule has 0 fully saturated rings. The highest BCUT2D eigenvalue weighted by atomic mass is 16.5. The fourth-order valence-electron chi connectivity index (χ4n) is 12.9. The predicted molar refractivity (Wildman–Crippen MR) is 398 cm³/mol. The number of ether oxygens (including phenoxy) is 1. The van der Waals surface area contributed by atoms with Crippen molar-refractivity contribution < 1.29 is 24.5 Å². The highest BCUT2D eigenvalue weighted by Crippen LogP contribution is 2.20. The van der Waals surface area contributed by atoms with Gasteiger partial charge in [0.05, 0.1) is 25.4 Å². The maximum atomic E-state index is 12.5. The summed E-state index contributed by atoms with van der Waals surface area (Å²) in [5, 5.41) is 23.4. The van der Waals surface area contributed by atoms with E-state index in [1.54, 1.807) is 0 Å². The van der Waals surface area contributed by atoms with Gasteiger partial charge in [0.15, 0.2) is 0 Å². The Labute approximate surface area is 563 Å². The summed E-state index contributed by atoms with van der Waals surface area (Å²) in [6.45, 7) is 4.97. The minimum Gasteiger partial charge on any atom is -0.466 e. The highest BCUT2D eigenvalue weighted by Gasteiger charge is 2.20. The smallest absolute Gasteiger partial charge is 0.305 e. The zero-order valence-electron chi connectivity index (χ0n) is 60.9. The van der Waals surface area contributed by atoms with Crippen LogP contribution in [0, 0.1) is 0 Å². The Hall–Kier alpha value is -2.18. The van der Waals surface area contributed by atoms with Gasteiger partial charge in [-0.25, -0.2) is 0 Å². The van der Waals surface area contributed by atoms with E-state index >= 15 is 0 Å². The van der Waals surface area contributed by atoms with Crippen molar-refractivity contribution in [3.05, 3.63) is 48.6 Å². The second kappa shape index (κ2) is 79.3. The number of nitrogens with one attached hydrogen (secondary N) is 1. The van der Waals surface area contributed by atoms with Crippen molar-refractivity contribution in [3.63, 3.8) is 0 Å². The third-order valence-corrected chi connectivity index (χ3v) is 19.1. The van der Waals surface area contributed by atoms with Crippen LogP contribution in [0.15, 0.2) is 48.6 Å². The first-order valence-corrected chi connectivity index (χ1v) is 40.9. The molecule has 0 aromatic carbocycles. The van der Waals surface area contributed by atoms with Gasteiger partial charge in [-0.2, -0.15) is 0 Å². The number of aliphatic hydroxyl groups is 2. The van der Waals surface area contributed by atoms with Crippen molar-refractivity contribution in [3.8, 4) is 0 Å². The van der Waals surface area contributed by atoms with Gasteiger partial charge in [-0.15, -0.1) is 0 Å². The second-order valence-electron chi connectivity index (χ2n) is 28.1. The normalized spacial score (nSPS) is 12.7. The molecule has 0 aliphatic rings. The molecule has 0 radical (unpaired) electrons. The molecule has 530 valence electrons. The maximum Gasteiger partial charge on any atom is 0.305 e. The van der Waals surface area contributed by atoms with Gasteiger partial charge in [0, 0.05) is 12.8 Å². The van der Waals surface area contributed by atoms with Crippen LogP contribution in [0.2, 0.25) is 0 Å². The number of unbranched alkanes of at least 4 members (excludes halogenated alkanes) is 58. The molecule has 0 spiro atoms. The fraction of sp³-hybridized carbons (Fsp3) is 0.881. The van der Waals surface area contributed by atoms with E-state index in [-0.39, 0.29) is 18.5 Å². The van der Waals surface area contributed by atoms with Crippen molar-refractivity contribution in [1.29, 1.82) is 0 Å². The lowest BCUT2D eigenvalue weighted by atomic mass is 10.0. The number of hydrogen-bond acceptors (Lipinski definition) is 5. The molecule has 0 aliphatic carbocycles.